The molecule has 0 spiro atoms. The minimum absolute atomic E-state index is 0.0710. The van der Waals surface area contributed by atoms with Gasteiger partial charge in [0.25, 0.3) is 0 Å². The van der Waals surface area contributed by atoms with Crippen molar-refractivity contribution >= 4 is 39.2 Å². The van der Waals surface area contributed by atoms with E-state index in [-0.39, 0.29) is 5.91 Å². The highest BCUT2D eigenvalue weighted by Crippen LogP contribution is 2.38. The van der Waals surface area contributed by atoms with Crippen LogP contribution >= 0.6 is 23.1 Å². The molecule has 0 bridgehead atoms. The van der Waals surface area contributed by atoms with Gasteiger partial charge in [-0.1, -0.05) is 12.1 Å². The molecule has 8 heteroatoms. The van der Waals surface area contributed by atoms with Crippen LogP contribution in [0.4, 0.5) is 0 Å². The molecule has 29 heavy (non-hydrogen) atoms. The molecule has 0 aliphatic rings. The Morgan fingerprint density at radius 2 is 2.03 bits per heavy atom. The Morgan fingerprint density at radius 3 is 2.76 bits per heavy atom. The maximum atomic E-state index is 12.0. The fourth-order valence-corrected chi connectivity index (χ4v) is 4.75. The molecule has 0 aliphatic carbocycles. The molecule has 6 nitrogen and oxygen atoms in total. The van der Waals surface area contributed by atoms with Gasteiger partial charge in [-0.25, -0.2) is 9.97 Å². The Hall–Kier alpha value is -2.16. The van der Waals surface area contributed by atoms with Crippen molar-refractivity contribution in [1.82, 2.24) is 20.2 Å². The predicted molar refractivity (Wildman–Crippen MR) is 121 cm³/mol. The molecule has 2 aromatic heterocycles. The predicted octanol–water partition coefficient (Wildman–Crippen LogP) is 3.92. The molecule has 0 unspecified atom stereocenters. The minimum Gasteiger partial charge on any atom is -0.494 e. The number of benzene rings is 1. The molecule has 154 valence electrons. The van der Waals surface area contributed by atoms with E-state index in [1.54, 1.807) is 29.4 Å². The van der Waals surface area contributed by atoms with Crippen LogP contribution in [0.15, 0.2) is 41.0 Å². The van der Waals surface area contributed by atoms with Gasteiger partial charge in [0.05, 0.1) is 12.0 Å². The van der Waals surface area contributed by atoms with Gasteiger partial charge in [0, 0.05) is 36.2 Å². The zero-order valence-electron chi connectivity index (χ0n) is 17.0. The van der Waals surface area contributed by atoms with E-state index in [1.165, 1.54) is 0 Å². The first-order chi connectivity index (χ1) is 14.1. The lowest BCUT2D eigenvalue weighted by Gasteiger charge is -2.10. The Kier molecular flexibility index (Phi) is 7.85. The van der Waals surface area contributed by atoms with Gasteiger partial charge >= 0.3 is 0 Å². The van der Waals surface area contributed by atoms with Crippen molar-refractivity contribution in [2.24, 2.45) is 0 Å². The van der Waals surface area contributed by atoms with E-state index in [4.69, 9.17) is 4.74 Å². The highest BCUT2D eigenvalue weighted by molar-refractivity contribution is 7.99. The van der Waals surface area contributed by atoms with Gasteiger partial charge in [-0.3, -0.25) is 4.79 Å². The molecule has 2 heterocycles. The molecule has 1 amide bonds. The number of likely N-dealkylation sites (N-methyl/N-ethyl adjacent to an activating group) is 1. The first kappa shape index (κ1) is 21.5. The normalized spacial score (nSPS) is 11.2. The van der Waals surface area contributed by atoms with Crippen LogP contribution in [0.1, 0.15) is 13.3 Å². The van der Waals surface area contributed by atoms with Crippen molar-refractivity contribution in [1.29, 1.82) is 0 Å². The van der Waals surface area contributed by atoms with Gasteiger partial charge in [-0.05, 0) is 38.7 Å². The summed E-state index contributed by atoms with van der Waals surface area (Å²) in [4.78, 5) is 23.9. The second-order valence-corrected chi connectivity index (χ2v) is 8.66. The Morgan fingerprint density at radius 1 is 1.24 bits per heavy atom. The molecule has 1 N–H and O–H groups in total. The van der Waals surface area contributed by atoms with E-state index in [1.807, 2.05) is 38.1 Å². The van der Waals surface area contributed by atoms with Crippen LogP contribution in [0.25, 0.3) is 21.3 Å². The largest absolute Gasteiger partial charge is 0.494 e. The Balaban J connectivity index is 1.69. The number of aromatic nitrogens is 2. The number of hydrogen-bond acceptors (Lipinski definition) is 7. The minimum atomic E-state index is 0.0710. The zero-order valence-corrected chi connectivity index (χ0v) is 18.6. The molecule has 3 rings (SSSR count). The summed E-state index contributed by atoms with van der Waals surface area (Å²) in [5.41, 5.74) is 2.23. The van der Waals surface area contributed by atoms with Crippen LogP contribution in [-0.2, 0) is 4.79 Å². The lowest BCUT2D eigenvalue weighted by molar-refractivity contribution is -0.120. The Bertz CT molecular complexity index is 942. The first-order valence-corrected chi connectivity index (χ1v) is 11.4. The number of carbonyl (C=O) groups excluding carboxylic acids is 1. The molecule has 0 atom stereocenters. The number of fused-ring (bicyclic) bond motifs is 1. The summed E-state index contributed by atoms with van der Waals surface area (Å²) in [5, 5.41) is 7.04. The molecular formula is C21H26N4O2S2. The first-order valence-electron chi connectivity index (χ1n) is 9.58. The molecule has 1 aromatic carbocycles. The third-order valence-corrected chi connectivity index (χ3v) is 6.14. The van der Waals surface area contributed by atoms with Crippen molar-refractivity contribution < 1.29 is 9.53 Å². The SMILES string of the molecule is CCOc1ccc(-c2csc3ncnc(SCCC(=O)NCCN(C)C)c23)cc1. The van der Waals surface area contributed by atoms with E-state index in [2.05, 4.69) is 32.8 Å². The fourth-order valence-electron chi connectivity index (χ4n) is 2.81. The average molecular weight is 431 g/mol. The Labute approximate surface area is 179 Å². The van der Waals surface area contributed by atoms with Gasteiger partial charge in [0.2, 0.25) is 5.91 Å². The van der Waals surface area contributed by atoms with Crippen molar-refractivity contribution in [2.45, 2.75) is 18.4 Å². The fraction of sp³-hybridized carbons (Fsp3) is 0.381. The second-order valence-electron chi connectivity index (χ2n) is 6.72. The monoisotopic (exact) mass is 430 g/mol. The molecular weight excluding hydrogens is 404 g/mol. The van der Waals surface area contributed by atoms with Gasteiger partial charge < -0.3 is 15.0 Å². The molecule has 0 fully saturated rings. The summed E-state index contributed by atoms with van der Waals surface area (Å²) in [6.07, 6.45) is 2.06. The lowest BCUT2D eigenvalue weighted by Crippen LogP contribution is -2.31. The second kappa shape index (κ2) is 10.6. The summed E-state index contributed by atoms with van der Waals surface area (Å²) >= 11 is 3.21. The molecule has 0 saturated carbocycles. The third kappa shape index (κ3) is 5.91. The summed E-state index contributed by atoms with van der Waals surface area (Å²) in [5.74, 6) is 1.61. The lowest BCUT2D eigenvalue weighted by atomic mass is 10.1. The number of rotatable bonds is 10. The van der Waals surface area contributed by atoms with Crippen molar-refractivity contribution in [3.05, 3.63) is 36.0 Å². The van der Waals surface area contributed by atoms with Gasteiger partial charge in [-0.15, -0.1) is 23.1 Å². The summed E-state index contributed by atoms with van der Waals surface area (Å²) in [6, 6.07) is 8.09. The van der Waals surface area contributed by atoms with Crippen LogP contribution in [-0.4, -0.2) is 60.3 Å². The topological polar surface area (TPSA) is 67.3 Å². The number of thiophene rings is 1. The molecule has 0 saturated heterocycles. The van der Waals surface area contributed by atoms with E-state index in [0.717, 1.165) is 38.7 Å². The van der Waals surface area contributed by atoms with Crippen molar-refractivity contribution in [2.75, 3.05) is 39.5 Å². The number of nitrogens with one attached hydrogen (secondary N) is 1. The number of ether oxygens (including phenoxy) is 1. The number of carbonyl (C=O) groups is 1. The maximum Gasteiger partial charge on any atom is 0.220 e. The highest BCUT2D eigenvalue weighted by atomic mass is 32.2. The molecule has 0 aliphatic heterocycles. The third-order valence-electron chi connectivity index (χ3n) is 4.26. The maximum absolute atomic E-state index is 12.0. The van der Waals surface area contributed by atoms with Gasteiger partial charge in [-0.2, -0.15) is 0 Å². The van der Waals surface area contributed by atoms with Crippen molar-refractivity contribution in [3.63, 3.8) is 0 Å². The van der Waals surface area contributed by atoms with E-state index >= 15 is 0 Å². The van der Waals surface area contributed by atoms with E-state index in [9.17, 15) is 4.79 Å². The van der Waals surface area contributed by atoms with Crippen LogP contribution in [0.5, 0.6) is 5.75 Å². The summed E-state index contributed by atoms with van der Waals surface area (Å²) in [6.45, 7) is 4.13. The quantitative estimate of drug-likeness (QED) is 0.388. The van der Waals surface area contributed by atoms with Crippen LogP contribution in [0.3, 0.4) is 0 Å². The van der Waals surface area contributed by atoms with Gasteiger partial charge in [0.1, 0.15) is 21.9 Å². The molecule has 3 aromatic rings. The number of thioether (sulfide) groups is 1. The average Bonchev–Trinajstić information content (AvgIpc) is 3.14. The van der Waals surface area contributed by atoms with Crippen LogP contribution in [0, 0.1) is 0 Å². The number of nitrogens with zero attached hydrogens (tertiary/aromatic N) is 3. The summed E-state index contributed by atoms with van der Waals surface area (Å²) < 4.78 is 5.54. The molecule has 0 radical (unpaired) electrons. The van der Waals surface area contributed by atoms with Gasteiger partial charge in [0.15, 0.2) is 0 Å². The smallest absolute Gasteiger partial charge is 0.220 e. The van der Waals surface area contributed by atoms with Crippen molar-refractivity contribution in [3.8, 4) is 16.9 Å². The van der Waals surface area contributed by atoms with E-state index in [0.29, 0.717) is 25.3 Å². The number of hydrogen-bond donors (Lipinski definition) is 1. The van der Waals surface area contributed by atoms with E-state index < -0.39 is 0 Å². The zero-order chi connectivity index (χ0) is 20.6. The number of amides is 1. The highest BCUT2D eigenvalue weighted by Gasteiger charge is 2.14. The van der Waals surface area contributed by atoms with Crippen LogP contribution in [0.2, 0.25) is 0 Å². The standard InChI is InChI=1S/C21H26N4O2S2/c1-4-27-16-7-5-15(6-8-16)17-13-29-21-19(17)20(23-14-24-21)28-12-9-18(26)22-10-11-25(2)3/h5-8,13-14H,4,9-12H2,1-3H3,(H,22,26). The summed E-state index contributed by atoms with van der Waals surface area (Å²) in [7, 11) is 3.98. The van der Waals surface area contributed by atoms with Crippen LogP contribution < -0.4 is 10.1 Å².